The molecule has 3 aromatic carbocycles. The lowest BCUT2D eigenvalue weighted by Gasteiger charge is -2.20. The molecule has 0 saturated heterocycles. The van der Waals surface area contributed by atoms with Crippen molar-refractivity contribution in [2.24, 2.45) is 5.10 Å². The molecule has 37 heavy (non-hydrogen) atoms. The Labute approximate surface area is 221 Å². The maximum atomic E-state index is 13.0. The summed E-state index contributed by atoms with van der Waals surface area (Å²) in [4.78, 5) is 27.8. The summed E-state index contributed by atoms with van der Waals surface area (Å²) in [7, 11) is 0. The summed E-state index contributed by atoms with van der Waals surface area (Å²) in [6.07, 6.45) is 1.55. The van der Waals surface area contributed by atoms with Crippen LogP contribution in [0.5, 0.6) is 0 Å². The SMILES string of the molecule is Cc1ccc(/C=N/NC(=O)c2cc(Cl)ccc2NC(=O)c2cccc(CN(CCO)CCO)c2)cc1C. The number of aliphatic hydroxyl groups excluding tert-OH is 2. The first-order valence-electron chi connectivity index (χ1n) is 11.8. The topological polar surface area (TPSA) is 114 Å². The molecule has 0 unspecified atom stereocenters. The van der Waals surface area contributed by atoms with Crippen LogP contribution in [-0.4, -0.2) is 59.4 Å². The normalized spacial score (nSPS) is 11.2. The van der Waals surface area contributed by atoms with Gasteiger partial charge in [-0.25, -0.2) is 5.43 Å². The van der Waals surface area contributed by atoms with Crippen LogP contribution in [0.4, 0.5) is 5.69 Å². The number of aliphatic hydroxyl groups is 2. The van der Waals surface area contributed by atoms with E-state index in [0.717, 1.165) is 16.7 Å². The van der Waals surface area contributed by atoms with E-state index >= 15 is 0 Å². The molecule has 0 aliphatic heterocycles. The fraction of sp³-hybridized carbons (Fsp3) is 0.250. The molecule has 0 heterocycles. The monoisotopic (exact) mass is 522 g/mol. The highest BCUT2D eigenvalue weighted by Gasteiger charge is 2.16. The lowest BCUT2D eigenvalue weighted by atomic mass is 10.1. The van der Waals surface area contributed by atoms with Crippen molar-refractivity contribution in [3.63, 3.8) is 0 Å². The van der Waals surface area contributed by atoms with Crippen molar-refractivity contribution in [1.82, 2.24) is 10.3 Å². The second-order valence-electron chi connectivity index (χ2n) is 8.61. The van der Waals surface area contributed by atoms with E-state index in [9.17, 15) is 19.8 Å². The Morgan fingerprint density at radius 3 is 2.41 bits per heavy atom. The molecule has 2 amide bonds. The van der Waals surface area contributed by atoms with Gasteiger partial charge < -0.3 is 15.5 Å². The molecule has 0 saturated carbocycles. The van der Waals surface area contributed by atoms with Gasteiger partial charge in [-0.3, -0.25) is 14.5 Å². The number of carbonyl (C=O) groups is 2. The van der Waals surface area contributed by atoms with Gasteiger partial charge in [-0.2, -0.15) is 5.10 Å². The highest BCUT2D eigenvalue weighted by molar-refractivity contribution is 6.31. The third-order valence-electron chi connectivity index (χ3n) is 5.81. The van der Waals surface area contributed by atoms with Gasteiger partial charge in [0.15, 0.2) is 0 Å². The van der Waals surface area contributed by atoms with Crippen molar-refractivity contribution in [1.29, 1.82) is 0 Å². The lowest BCUT2D eigenvalue weighted by Crippen LogP contribution is -2.29. The van der Waals surface area contributed by atoms with Gasteiger partial charge in [0, 0.05) is 30.2 Å². The highest BCUT2D eigenvalue weighted by Crippen LogP contribution is 2.22. The molecule has 3 aromatic rings. The largest absolute Gasteiger partial charge is 0.395 e. The van der Waals surface area contributed by atoms with E-state index in [0.29, 0.717) is 35.9 Å². The number of amides is 2. The van der Waals surface area contributed by atoms with Crippen molar-refractivity contribution in [3.8, 4) is 0 Å². The van der Waals surface area contributed by atoms with Crippen LogP contribution in [0.1, 0.15) is 43.0 Å². The number of aryl methyl sites for hydroxylation is 2. The van der Waals surface area contributed by atoms with Gasteiger partial charge in [0.25, 0.3) is 11.8 Å². The Kier molecular flexibility index (Phi) is 10.3. The smallest absolute Gasteiger partial charge is 0.273 e. The molecule has 0 bridgehead atoms. The molecule has 3 rings (SSSR count). The summed E-state index contributed by atoms with van der Waals surface area (Å²) in [5, 5.41) is 25.6. The van der Waals surface area contributed by atoms with Crippen molar-refractivity contribution >= 4 is 35.3 Å². The maximum Gasteiger partial charge on any atom is 0.273 e. The van der Waals surface area contributed by atoms with Crippen LogP contribution >= 0.6 is 11.6 Å². The Bertz CT molecular complexity index is 1270. The van der Waals surface area contributed by atoms with Crippen LogP contribution in [0.15, 0.2) is 65.8 Å². The molecule has 0 atom stereocenters. The first-order valence-corrected chi connectivity index (χ1v) is 12.2. The number of nitrogens with one attached hydrogen (secondary N) is 2. The van der Waals surface area contributed by atoms with Gasteiger partial charge in [-0.15, -0.1) is 0 Å². The Balaban J connectivity index is 1.73. The quantitative estimate of drug-likeness (QED) is 0.226. The van der Waals surface area contributed by atoms with Gasteiger partial charge in [-0.05, 0) is 66.4 Å². The van der Waals surface area contributed by atoms with Crippen LogP contribution in [0, 0.1) is 13.8 Å². The molecular formula is C28H31ClN4O4. The summed E-state index contributed by atoms with van der Waals surface area (Å²) in [5.41, 5.74) is 7.34. The number of anilines is 1. The van der Waals surface area contributed by atoms with E-state index in [-0.39, 0.29) is 18.8 Å². The molecule has 194 valence electrons. The third kappa shape index (κ3) is 8.23. The number of hydrazone groups is 1. The number of halogens is 1. The molecule has 0 aliphatic rings. The molecular weight excluding hydrogens is 492 g/mol. The van der Waals surface area contributed by atoms with E-state index in [1.165, 1.54) is 11.6 Å². The standard InChI is InChI=1S/C28H31ClN4O4/c1-19-6-7-21(14-20(19)2)17-30-32-28(37)25-16-24(29)8-9-26(25)31-27(36)23-5-3-4-22(15-23)18-33(10-12-34)11-13-35/h3-9,14-17,34-35H,10-13,18H2,1-2H3,(H,31,36)(H,32,37)/b30-17+. The molecule has 9 heteroatoms. The minimum atomic E-state index is -0.518. The van der Waals surface area contributed by atoms with Crippen molar-refractivity contribution < 1.29 is 19.8 Å². The van der Waals surface area contributed by atoms with E-state index in [2.05, 4.69) is 15.8 Å². The van der Waals surface area contributed by atoms with Crippen molar-refractivity contribution in [3.05, 3.63) is 99.1 Å². The molecule has 0 fully saturated rings. The zero-order valence-electron chi connectivity index (χ0n) is 20.9. The molecule has 8 nitrogen and oxygen atoms in total. The van der Waals surface area contributed by atoms with E-state index in [4.69, 9.17) is 11.6 Å². The van der Waals surface area contributed by atoms with Gasteiger partial charge >= 0.3 is 0 Å². The molecule has 0 radical (unpaired) electrons. The van der Waals surface area contributed by atoms with Crippen molar-refractivity contribution in [2.45, 2.75) is 20.4 Å². The van der Waals surface area contributed by atoms with E-state index in [1.807, 2.05) is 43.0 Å². The number of hydrogen-bond donors (Lipinski definition) is 4. The summed E-state index contributed by atoms with van der Waals surface area (Å²) < 4.78 is 0. The zero-order chi connectivity index (χ0) is 26.8. The van der Waals surface area contributed by atoms with Crippen LogP contribution in [0.25, 0.3) is 0 Å². The van der Waals surface area contributed by atoms with Gasteiger partial charge in [0.05, 0.1) is 30.7 Å². The predicted molar refractivity (Wildman–Crippen MR) is 146 cm³/mol. The predicted octanol–water partition coefficient (Wildman–Crippen LogP) is 3.76. The fourth-order valence-electron chi connectivity index (χ4n) is 3.70. The summed E-state index contributed by atoms with van der Waals surface area (Å²) >= 11 is 6.13. The lowest BCUT2D eigenvalue weighted by molar-refractivity contribution is 0.0956. The number of nitrogens with zero attached hydrogens (tertiary/aromatic N) is 2. The molecule has 4 N–H and O–H groups in total. The van der Waals surface area contributed by atoms with Gasteiger partial charge in [0.1, 0.15) is 0 Å². The zero-order valence-corrected chi connectivity index (χ0v) is 21.6. The van der Waals surface area contributed by atoms with Crippen LogP contribution in [-0.2, 0) is 6.54 Å². The highest BCUT2D eigenvalue weighted by atomic mass is 35.5. The molecule has 0 aliphatic carbocycles. The number of benzene rings is 3. The number of hydrogen-bond acceptors (Lipinski definition) is 6. The number of carbonyl (C=O) groups excluding carboxylic acids is 2. The van der Waals surface area contributed by atoms with Gasteiger partial charge in [-0.1, -0.05) is 41.9 Å². The summed E-state index contributed by atoms with van der Waals surface area (Å²) in [6.45, 7) is 5.25. The Morgan fingerprint density at radius 1 is 0.946 bits per heavy atom. The van der Waals surface area contributed by atoms with E-state index < -0.39 is 11.8 Å². The van der Waals surface area contributed by atoms with Gasteiger partial charge in [0.2, 0.25) is 0 Å². The minimum Gasteiger partial charge on any atom is -0.395 e. The second kappa shape index (κ2) is 13.7. The van der Waals surface area contributed by atoms with Crippen LogP contribution < -0.4 is 10.7 Å². The first kappa shape index (κ1) is 28.0. The second-order valence-corrected chi connectivity index (χ2v) is 9.05. The third-order valence-corrected chi connectivity index (χ3v) is 6.05. The van der Waals surface area contributed by atoms with Crippen molar-refractivity contribution in [2.75, 3.05) is 31.6 Å². The summed E-state index contributed by atoms with van der Waals surface area (Å²) in [6, 6.07) is 17.5. The minimum absolute atomic E-state index is 0.0315. The Morgan fingerprint density at radius 2 is 1.70 bits per heavy atom. The average molecular weight is 523 g/mol. The van der Waals surface area contributed by atoms with Crippen LogP contribution in [0.3, 0.4) is 0 Å². The van der Waals surface area contributed by atoms with Crippen LogP contribution in [0.2, 0.25) is 5.02 Å². The molecule has 0 spiro atoms. The molecule has 0 aromatic heterocycles. The van der Waals surface area contributed by atoms with E-state index in [1.54, 1.807) is 36.5 Å². The Hall–Kier alpha value is -3.56. The fourth-order valence-corrected chi connectivity index (χ4v) is 3.87. The maximum absolute atomic E-state index is 13.0. The first-order chi connectivity index (χ1) is 17.8. The summed E-state index contributed by atoms with van der Waals surface area (Å²) in [5.74, 6) is -0.914. The average Bonchev–Trinajstić information content (AvgIpc) is 2.87. The number of rotatable bonds is 11.